The summed E-state index contributed by atoms with van der Waals surface area (Å²) in [6.45, 7) is 0.294. The summed E-state index contributed by atoms with van der Waals surface area (Å²) in [5, 5.41) is 3.46. The molecule has 2 aliphatic rings. The van der Waals surface area contributed by atoms with Crippen LogP contribution in [0.25, 0.3) is 0 Å². The van der Waals surface area contributed by atoms with E-state index in [1.54, 1.807) is 0 Å². The zero-order chi connectivity index (χ0) is 17.9. The first-order valence-electron chi connectivity index (χ1n) is 8.86. The van der Waals surface area contributed by atoms with Crippen LogP contribution in [0.1, 0.15) is 44.1 Å². The third kappa shape index (κ3) is 4.03. The first-order valence-corrected chi connectivity index (χ1v) is 9.24. The Morgan fingerprint density at radius 1 is 1.12 bits per heavy atom. The standard InChI is InChI=1S/C19H23ClN2O3/c20-15-6-4-14(5-7-15)8-11-21-16(23)13-22-17(24)12-19(18(22)25)9-2-1-3-10-19/h4-7H,1-3,8-13H2,(H,21,23). The topological polar surface area (TPSA) is 66.5 Å². The quantitative estimate of drug-likeness (QED) is 0.819. The molecular weight excluding hydrogens is 340 g/mol. The summed E-state index contributed by atoms with van der Waals surface area (Å²) in [6.07, 6.45) is 5.58. The maximum Gasteiger partial charge on any atom is 0.240 e. The van der Waals surface area contributed by atoms with Crippen molar-refractivity contribution in [2.24, 2.45) is 5.41 Å². The second kappa shape index (κ2) is 7.56. The van der Waals surface area contributed by atoms with Crippen molar-refractivity contribution in [3.05, 3.63) is 34.9 Å². The zero-order valence-corrected chi connectivity index (χ0v) is 15.0. The number of hydrogen-bond donors (Lipinski definition) is 1. The molecular formula is C19H23ClN2O3. The summed E-state index contributed by atoms with van der Waals surface area (Å²) in [5.74, 6) is -0.645. The van der Waals surface area contributed by atoms with Gasteiger partial charge in [-0.25, -0.2) is 0 Å². The smallest absolute Gasteiger partial charge is 0.240 e. The molecule has 0 unspecified atom stereocenters. The van der Waals surface area contributed by atoms with E-state index >= 15 is 0 Å². The lowest BCUT2D eigenvalue weighted by molar-refractivity contribution is -0.145. The monoisotopic (exact) mass is 362 g/mol. The molecule has 6 heteroatoms. The van der Waals surface area contributed by atoms with Gasteiger partial charge in [0.25, 0.3) is 0 Å². The van der Waals surface area contributed by atoms with Gasteiger partial charge in [-0.3, -0.25) is 19.3 Å². The van der Waals surface area contributed by atoms with Gasteiger partial charge in [-0.15, -0.1) is 0 Å². The van der Waals surface area contributed by atoms with Gasteiger partial charge >= 0.3 is 0 Å². The van der Waals surface area contributed by atoms with Gasteiger partial charge in [0.2, 0.25) is 17.7 Å². The molecule has 25 heavy (non-hydrogen) atoms. The van der Waals surface area contributed by atoms with Crippen LogP contribution in [0, 0.1) is 5.41 Å². The Bertz CT molecular complexity index is 666. The van der Waals surface area contributed by atoms with Gasteiger partial charge in [-0.2, -0.15) is 0 Å². The number of rotatable bonds is 5. The third-order valence-electron chi connectivity index (χ3n) is 5.25. The summed E-state index contributed by atoms with van der Waals surface area (Å²) in [7, 11) is 0. The van der Waals surface area contributed by atoms with E-state index in [0.717, 1.165) is 42.6 Å². The van der Waals surface area contributed by atoms with Gasteiger partial charge in [-0.05, 0) is 37.0 Å². The van der Waals surface area contributed by atoms with Gasteiger partial charge < -0.3 is 5.32 Å². The van der Waals surface area contributed by atoms with Crippen LogP contribution in [0.4, 0.5) is 0 Å². The SMILES string of the molecule is O=C(CN1C(=O)CC2(CCCCC2)C1=O)NCCc1ccc(Cl)cc1. The van der Waals surface area contributed by atoms with Crippen LogP contribution in [0.3, 0.4) is 0 Å². The molecule has 0 aromatic heterocycles. The lowest BCUT2D eigenvalue weighted by Gasteiger charge is -2.30. The van der Waals surface area contributed by atoms with E-state index in [0.29, 0.717) is 18.0 Å². The highest BCUT2D eigenvalue weighted by Crippen LogP contribution is 2.45. The fraction of sp³-hybridized carbons (Fsp3) is 0.526. The predicted octanol–water partition coefficient (Wildman–Crippen LogP) is 2.71. The highest BCUT2D eigenvalue weighted by Gasteiger charge is 2.51. The van der Waals surface area contributed by atoms with E-state index in [9.17, 15) is 14.4 Å². The molecule has 1 saturated heterocycles. The molecule has 134 valence electrons. The summed E-state index contributed by atoms with van der Waals surface area (Å²) in [5.41, 5.74) is 0.540. The van der Waals surface area contributed by atoms with Crippen molar-refractivity contribution in [3.63, 3.8) is 0 Å². The number of benzene rings is 1. The molecule has 1 N–H and O–H groups in total. The summed E-state index contributed by atoms with van der Waals surface area (Å²) in [6, 6.07) is 7.44. The Kier molecular flexibility index (Phi) is 5.42. The number of carbonyl (C=O) groups excluding carboxylic acids is 3. The van der Waals surface area contributed by atoms with Gasteiger partial charge in [0.05, 0.1) is 5.41 Å². The van der Waals surface area contributed by atoms with Crippen molar-refractivity contribution < 1.29 is 14.4 Å². The van der Waals surface area contributed by atoms with Crippen LogP contribution in [0.15, 0.2) is 24.3 Å². The van der Waals surface area contributed by atoms with Crippen molar-refractivity contribution in [3.8, 4) is 0 Å². The minimum Gasteiger partial charge on any atom is -0.354 e. The third-order valence-corrected chi connectivity index (χ3v) is 5.50. The fourth-order valence-corrected chi connectivity index (χ4v) is 3.96. The van der Waals surface area contributed by atoms with E-state index < -0.39 is 5.41 Å². The van der Waals surface area contributed by atoms with Crippen LogP contribution >= 0.6 is 11.6 Å². The molecule has 5 nitrogen and oxygen atoms in total. The largest absolute Gasteiger partial charge is 0.354 e. The molecule has 1 saturated carbocycles. The number of nitrogens with zero attached hydrogens (tertiary/aromatic N) is 1. The lowest BCUT2D eigenvalue weighted by Crippen LogP contribution is -2.43. The fourth-order valence-electron chi connectivity index (χ4n) is 3.84. The summed E-state index contributed by atoms with van der Waals surface area (Å²) >= 11 is 5.84. The molecule has 3 rings (SSSR count). The van der Waals surface area contributed by atoms with Crippen LogP contribution in [-0.2, 0) is 20.8 Å². The number of imide groups is 1. The number of amides is 3. The second-order valence-electron chi connectivity index (χ2n) is 7.03. The van der Waals surface area contributed by atoms with Crippen LogP contribution in [0.5, 0.6) is 0 Å². The van der Waals surface area contributed by atoms with Gasteiger partial charge in [0, 0.05) is 18.0 Å². The molecule has 0 radical (unpaired) electrons. The molecule has 1 aliphatic heterocycles. The van der Waals surface area contributed by atoms with Gasteiger partial charge in [-0.1, -0.05) is 43.0 Å². The molecule has 2 fully saturated rings. The summed E-state index contributed by atoms with van der Waals surface area (Å²) in [4.78, 5) is 38.2. The number of likely N-dealkylation sites (tertiary alicyclic amines) is 1. The Hall–Kier alpha value is -1.88. The minimum absolute atomic E-state index is 0.148. The average Bonchev–Trinajstić information content (AvgIpc) is 2.81. The molecule has 1 heterocycles. The molecule has 1 aliphatic carbocycles. The first kappa shape index (κ1) is 17.9. The van der Waals surface area contributed by atoms with E-state index in [4.69, 9.17) is 11.6 Å². The number of halogens is 1. The second-order valence-corrected chi connectivity index (χ2v) is 7.47. The minimum atomic E-state index is -0.529. The highest BCUT2D eigenvalue weighted by molar-refractivity contribution is 6.30. The lowest BCUT2D eigenvalue weighted by atomic mass is 9.73. The van der Waals surface area contributed by atoms with Crippen molar-refractivity contribution in [1.29, 1.82) is 0 Å². The Labute approximate surface area is 152 Å². The Morgan fingerprint density at radius 2 is 1.80 bits per heavy atom. The normalized spacial score (nSPS) is 19.5. The molecule has 0 atom stereocenters. The molecule has 1 spiro atoms. The Morgan fingerprint density at radius 3 is 2.48 bits per heavy atom. The van der Waals surface area contributed by atoms with Crippen LogP contribution in [0.2, 0.25) is 5.02 Å². The predicted molar refractivity (Wildman–Crippen MR) is 95.0 cm³/mol. The van der Waals surface area contributed by atoms with Crippen molar-refractivity contribution >= 4 is 29.3 Å². The average molecular weight is 363 g/mol. The highest BCUT2D eigenvalue weighted by atomic mass is 35.5. The van der Waals surface area contributed by atoms with E-state index in [1.165, 1.54) is 0 Å². The van der Waals surface area contributed by atoms with Gasteiger partial charge in [0.1, 0.15) is 6.54 Å². The van der Waals surface area contributed by atoms with E-state index in [-0.39, 0.29) is 30.7 Å². The maximum atomic E-state index is 12.7. The molecule has 0 bridgehead atoms. The number of hydrogen-bond acceptors (Lipinski definition) is 3. The first-order chi connectivity index (χ1) is 12.0. The number of nitrogens with one attached hydrogen (secondary N) is 1. The molecule has 1 aromatic rings. The molecule has 1 aromatic carbocycles. The molecule has 3 amide bonds. The Balaban J connectivity index is 1.49. The van der Waals surface area contributed by atoms with Gasteiger partial charge in [0.15, 0.2) is 0 Å². The van der Waals surface area contributed by atoms with E-state index in [2.05, 4.69) is 5.32 Å². The van der Waals surface area contributed by atoms with Crippen molar-refractivity contribution in [2.75, 3.05) is 13.1 Å². The zero-order valence-electron chi connectivity index (χ0n) is 14.2. The van der Waals surface area contributed by atoms with Crippen molar-refractivity contribution in [1.82, 2.24) is 10.2 Å². The van der Waals surface area contributed by atoms with E-state index in [1.807, 2.05) is 24.3 Å². The maximum absolute atomic E-state index is 12.7. The van der Waals surface area contributed by atoms with Crippen LogP contribution < -0.4 is 5.32 Å². The summed E-state index contributed by atoms with van der Waals surface area (Å²) < 4.78 is 0. The van der Waals surface area contributed by atoms with Crippen molar-refractivity contribution in [2.45, 2.75) is 44.9 Å². The number of carbonyl (C=O) groups is 3. The van der Waals surface area contributed by atoms with Crippen LogP contribution in [-0.4, -0.2) is 35.7 Å².